The lowest BCUT2D eigenvalue weighted by Gasteiger charge is -2.34. The number of piperidine rings is 1. The van der Waals surface area contributed by atoms with Gasteiger partial charge in [0.1, 0.15) is 5.69 Å². The Morgan fingerprint density at radius 3 is 2.41 bits per heavy atom. The van der Waals surface area contributed by atoms with Crippen molar-refractivity contribution in [1.29, 1.82) is 0 Å². The van der Waals surface area contributed by atoms with Crippen molar-refractivity contribution in [2.45, 2.75) is 24.9 Å². The molecule has 2 aliphatic rings. The van der Waals surface area contributed by atoms with Gasteiger partial charge in [0.05, 0.1) is 29.4 Å². The van der Waals surface area contributed by atoms with E-state index in [2.05, 4.69) is 19.8 Å². The number of fused-ring (bicyclic) bond motifs is 2. The molecule has 1 amide bonds. The SMILES string of the molecule is O=C(Nc1cccnc1N1CCC(n2ccccc2=O)CC1)c1[nH]c2cc(Cl)cc3c2c1-c1c(-c2ccccc2)ncn1[C@@H]3c1ccc(Cl)cc1. The topological polar surface area (TPSA) is 101 Å². The minimum atomic E-state index is -0.306. The number of anilines is 2. The first-order valence-corrected chi connectivity index (χ1v) is 17.6. The first kappa shape index (κ1) is 31.3. The Morgan fingerprint density at radius 2 is 1.63 bits per heavy atom. The van der Waals surface area contributed by atoms with Crippen molar-refractivity contribution >= 4 is 51.5 Å². The molecule has 1 atom stereocenters. The number of hydrogen-bond donors (Lipinski definition) is 2. The molecule has 0 bridgehead atoms. The first-order chi connectivity index (χ1) is 24.9. The van der Waals surface area contributed by atoms with Crippen LogP contribution in [0, 0.1) is 0 Å². The summed E-state index contributed by atoms with van der Waals surface area (Å²) >= 11 is 13.1. The third-order valence-corrected chi connectivity index (χ3v) is 10.5. The average molecular weight is 713 g/mol. The Labute approximate surface area is 303 Å². The summed E-state index contributed by atoms with van der Waals surface area (Å²) in [4.78, 5) is 42.3. The van der Waals surface area contributed by atoms with E-state index < -0.39 is 0 Å². The van der Waals surface area contributed by atoms with Gasteiger partial charge >= 0.3 is 0 Å². The fraction of sp³-hybridized carbons (Fsp3) is 0.150. The number of amides is 1. The van der Waals surface area contributed by atoms with E-state index >= 15 is 0 Å². The van der Waals surface area contributed by atoms with Gasteiger partial charge in [0.15, 0.2) is 5.82 Å². The second kappa shape index (κ2) is 12.6. The lowest BCUT2D eigenvalue weighted by molar-refractivity contribution is 0.102. The number of imidazole rings is 1. The molecule has 252 valence electrons. The second-order valence-corrected chi connectivity index (χ2v) is 13.8. The molecule has 4 aromatic heterocycles. The Kier molecular flexibility index (Phi) is 7.74. The van der Waals surface area contributed by atoms with E-state index in [9.17, 15) is 9.59 Å². The van der Waals surface area contributed by atoms with Gasteiger partial charge in [-0.25, -0.2) is 9.97 Å². The zero-order valence-electron chi connectivity index (χ0n) is 27.3. The normalized spacial score (nSPS) is 15.6. The monoisotopic (exact) mass is 711 g/mol. The lowest BCUT2D eigenvalue weighted by atomic mass is 9.88. The van der Waals surface area contributed by atoms with Gasteiger partial charge in [0.25, 0.3) is 11.5 Å². The van der Waals surface area contributed by atoms with Crippen LogP contribution in [0.15, 0.2) is 121 Å². The zero-order valence-corrected chi connectivity index (χ0v) is 28.8. The summed E-state index contributed by atoms with van der Waals surface area (Å²) in [6, 6.07) is 30.4. The lowest BCUT2D eigenvalue weighted by Crippen LogP contribution is -2.38. The fourth-order valence-electron chi connectivity index (χ4n) is 7.73. The number of carbonyl (C=O) groups excluding carboxylic acids is 1. The molecule has 0 saturated carbocycles. The zero-order chi connectivity index (χ0) is 34.6. The maximum Gasteiger partial charge on any atom is 0.272 e. The predicted octanol–water partition coefficient (Wildman–Crippen LogP) is 8.61. The molecule has 2 aliphatic heterocycles. The predicted molar refractivity (Wildman–Crippen MR) is 202 cm³/mol. The van der Waals surface area contributed by atoms with E-state index in [-0.39, 0.29) is 23.6 Å². The average Bonchev–Trinajstić information content (AvgIpc) is 3.76. The van der Waals surface area contributed by atoms with Crippen molar-refractivity contribution in [1.82, 2.24) is 24.1 Å². The molecule has 0 unspecified atom stereocenters. The quantitative estimate of drug-likeness (QED) is 0.180. The van der Waals surface area contributed by atoms with Gasteiger partial charge in [-0.3, -0.25) is 9.59 Å². The molecule has 2 N–H and O–H groups in total. The van der Waals surface area contributed by atoms with Crippen LogP contribution < -0.4 is 15.8 Å². The summed E-state index contributed by atoms with van der Waals surface area (Å²) in [5.74, 6) is 0.385. The summed E-state index contributed by atoms with van der Waals surface area (Å²) < 4.78 is 3.94. The molecule has 0 spiro atoms. The maximum atomic E-state index is 14.6. The smallest absolute Gasteiger partial charge is 0.272 e. The van der Waals surface area contributed by atoms with Crippen molar-refractivity contribution < 1.29 is 4.79 Å². The molecule has 7 aromatic rings. The minimum absolute atomic E-state index is 0.00438. The van der Waals surface area contributed by atoms with Crippen LogP contribution in [0.4, 0.5) is 11.5 Å². The van der Waals surface area contributed by atoms with E-state index in [0.29, 0.717) is 40.3 Å². The largest absolute Gasteiger partial charge is 0.355 e. The van der Waals surface area contributed by atoms with Crippen molar-refractivity contribution in [2.75, 3.05) is 23.3 Å². The van der Waals surface area contributed by atoms with Crippen molar-refractivity contribution in [3.63, 3.8) is 0 Å². The van der Waals surface area contributed by atoms with Gasteiger partial charge in [-0.2, -0.15) is 0 Å². The number of aromatic amines is 1. The number of pyridine rings is 2. The van der Waals surface area contributed by atoms with E-state index in [1.165, 1.54) is 0 Å². The molecule has 0 aliphatic carbocycles. The molecular formula is C40H31Cl2N7O2. The number of carbonyl (C=O) groups is 1. The fourth-order valence-corrected chi connectivity index (χ4v) is 8.08. The molecule has 0 radical (unpaired) electrons. The van der Waals surface area contributed by atoms with E-state index in [0.717, 1.165) is 57.4 Å². The number of benzene rings is 3. The van der Waals surface area contributed by atoms with Gasteiger partial charge in [0, 0.05) is 69.7 Å². The summed E-state index contributed by atoms with van der Waals surface area (Å²) in [7, 11) is 0. The number of H-pyrrole nitrogens is 1. The van der Waals surface area contributed by atoms with Crippen LogP contribution in [-0.4, -0.2) is 43.1 Å². The van der Waals surface area contributed by atoms with Crippen LogP contribution in [0.1, 0.15) is 46.5 Å². The Hall–Kier alpha value is -5.64. The summed E-state index contributed by atoms with van der Waals surface area (Å²) in [5, 5.41) is 5.31. The van der Waals surface area contributed by atoms with Gasteiger partial charge in [-0.1, -0.05) is 71.7 Å². The number of hydrogen-bond acceptors (Lipinski definition) is 5. The van der Waals surface area contributed by atoms with E-state index in [4.69, 9.17) is 33.2 Å². The highest BCUT2D eigenvalue weighted by Crippen LogP contribution is 2.50. The second-order valence-electron chi connectivity index (χ2n) is 13.0. The van der Waals surface area contributed by atoms with Crippen LogP contribution in [0.25, 0.3) is 33.4 Å². The number of rotatable bonds is 6. The number of halogens is 2. The van der Waals surface area contributed by atoms with Crippen molar-refractivity contribution in [3.05, 3.63) is 153 Å². The molecule has 6 heterocycles. The third kappa shape index (κ3) is 5.40. The summed E-state index contributed by atoms with van der Waals surface area (Å²) in [6.45, 7) is 1.38. The number of nitrogens with zero attached hydrogens (tertiary/aromatic N) is 5. The van der Waals surface area contributed by atoms with Crippen molar-refractivity contribution in [3.8, 4) is 22.5 Å². The standard InChI is InChI=1S/C40H31Cl2N7O2/c41-26-13-11-25(12-14-26)37-29-21-27(42)22-31-33(29)34(38-35(44-23-49(37)38)24-7-2-1-3-8-24)36(45-31)40(51)46-30-9-6-17-43-39(30)47-19-15-28(16-20-47)48-18-5-4-10-32(48)50/h1-14,17-18,21-23,28,37,45H,15-16,19-20H2,(H,46,51)/t37-/m1/s1. The maximum absolute atomic E-state index is 14.6. The van der Waals surface area contributed by atoms with E-state index in [1.54, 1.807) is 18.3 Å². The van der Waals surface area contributed by atoms with Gasteiger partial charge in [-0.15, -0.1) is 0 Å². The van der Waals surface area contributed by atoms with Crippen LogP contribution in [-0.2, 0) is 0 Å². The van der Waals surface area contributed by atoms with E-state index in [1.807, 2.05) is 102 Å². The van der Waals surface area contributed by atoms with Crippen LogP contribution in [0.3, 0.4) is 0 Å². The molecule has 51 heavy (non-hydrogen) atoms. The number of aromatic nitrogens is 5. The van der Waals surface area contributed by atoms with Gasteiger partial charge in [-0.05, 0) is 66.4 Å². The summed E-state index contributed by atoms with van der Waals surface area (Å²) in [5.41, 5.74) is 7.04. The molecule has 9 nitrogen and oxygen atoms in total. The summed E-state index contributed by atoms with van der Waals surface area (Å²) in [6.07, 6.45) is 7.00. The molecule has 1 saturated heterocycles. The van der Waals surface area contributed by atoms with Crippen LogP contribution >= 0.6 is 23.2 Å². The molecular weight excluding hydrogens is 681 g/mol. The first-order valence-electron chi connectivity index (χ1n) is 16.9. The highest BCUT2D eigenvalue weighted by Gasteiger charge is 2.36. The Morgan fingerprint density at radius 1 is 0.843 bits per heavy atom. The number of nitrogens with one attached hydrogen (secondary N) is 2. The Balaban J connectivity index is 1.13. The van der Waals surface area contributed by atoms with Gasteiger partial charge in [0.2, 0.25) is 0 Å². The highest BCUT2D eigenvalue weighted by molar-refractivity contribution is 6.32. The molecule has 11 heteroatoms. The molecule has 9 rings (SSSR count). The van der Waals surface area contributed by atoms with Crippen LogP contribution in [0.5, 0.6) is 0 Å². The Bertz CT molecular complexity index is 2500. The van der Waals surface area contributed by atoms with Crippen molar-refractivity contribution in [2.24, 2.45) is 0 Å². The molecule has 3 aromatic carbocycles. The highest BCUT2D eigenvalue weighted by atomic mass is 35.5. The molecule has 1 fully saturated rings. The minimum Gasteiger partial charge on any atom is -0.355 e. The van der Waals surface area contributed by atoms with Gasteiger partial charge < -0.3 is 24.3 Å². The third-order valence-electron chi connectivity index (χ3n) is 10.00. The van der Waals surface area contributed by atoms with Crippen LogP contribution in [0.2, 0.25) is 10.0 Å².